The molecule has 5 rings (SSSR count). The summed E-state index contributed by atoms with van der Waals surface area (Å²) in [7, 11) is 3.43. The third-order valence-electron chi connectivity index (χ3n) is 8.77. The highest BCUT2D eigenvalue weighted by Gasteiger charge is 2.19. The van der Waals surface area contributed by atoms with Crippen molar-refractivity contribution in [1.29, 1.82) is 0 Å². The molecule has 1 atom stereocenters. The van der Waals surface area contributed by atoms with Crippen LogP contribution in [0.15, 0.2) is 79.1 Å². The van der Waals surface area contributed by atoms with Gasteiger partial charge in [-0.2, -0.15) is 0 Å². The molecule has 0 radical (unpaired) electrons. The lowest BCUT2D eigenvalue weighted by atomic mass is 9.96. The molecule has 2 fully saturated rings. The maximum absolute atomic E-state index is 12.8. The van der Waals surface area contributed by atoms with Crippen molar-refractivity contribution < 1.29 is 14.3 Å². The monoisotopic (exact) mass is 737 g/mol. The van der Waals surface area contributed by atoms with Gasteiger partial charge < -0.3 is 40.8 Å². The average molecular weight is 738 g/mol. The molecule has 1 aromatic heterocycles. The zero-order valence-electron chi connectivity index (χ0n) is 32.8. The molecule has 5 N–H and O–H groups in total. The minimum Gasteiger partial charge on any atom is -0.453 e. The summed E-state index contributed by atoms with van der Waals surface area (Å²) < 4.78 is 4.59. The number of aliphatic imine (C=N–C) groups is 1. The predicted octanol–water partition coefficient (Wildman–Crippen LogP) is 5.78. The number of imidazole rings is 1. The van der Waals surface area contributed by atoms with Crippen molar-refractivity contribution >= 4 is 23.5 Å². The van der Waals surface area contributed by atoms with E-state index in [1.165, 1.54) is 19.2 Å². The van der Waals surface area contributed by atoms with E-state index in [4.69, 9.17) is 5.73 Å². The summed E-state index contributed by atoms with van der Waals surface area (Å²) in [6, 6.07) is 15.0. The number of likely N-dealkylation sites (N-methyl/N-ethyl adjacent to an activating group) is 1. The number of nitrogens with two attached hydrogens (primary N) is 1. The average Bonchev–Trinajstić information content (AvgIpc) is 3.92. The smallest absolute Gasteiger partial charge is 0.407 e. The number of hydrogen-bond acceptors (Lipinski definition) is 8. The molecule has 1 unspecified atom stereocenters. The molecule has 0 aliphatic carbocycles. The molecule has 2 amide bonds. The molecule has 2 aliphatic heterocycles. The number of amidine groups is 1. The topological polar surface area (TPSA) is 144 Å². The molecule has 0 saturated carbocycles. The molecule has 12 nitrogen and oxygen atoms in total. The fraction of sp³-hybridized carbons (Fsp3) is 0.429. The molecule has 54 heavy (non-hydrogen) atoms. The standard InChI is InChI=1S/C37H47N9O3.C3H8.C2H4/c1-4-18-46(35(47)25-42-37(48)49-3)26-34-41-24-33(43-34)29-11-10-27(8-5-6-16-40-36(38)32-9-7-17-39-32)31(23-29)28-12-14-30(15-13-28)45-21-19-44(2)20-22-45;1-3-2;1-2/h6,10-16,23-24,32,39H,4,7,9,17-22,25-26H2,1-3H3,(H2,38,40)(H,41,43)(H,42,48);3H2,1-2H3;1-2H2/b16-6+;;. The van der Waals surface area contributed by atoms with E-state index in [1.807, 2.05) is 19.1 Å². The number of alkyl carbamates (subject to hydrolysis) is 1. The Morgan fingerprint density at radius 1 is 1.11 bits per heavy atom. The number of benzene rings is 2. The number of nitrogens with one attached hydrogen (secondary N) is 3. The largest absolute Gasteiger partial charge is 0.453 e. The molecule has 12 heteroatoms. The highest BCUT2D eigenvalue weighted by Crippen LogP contribution is 2.31. The minimum absolute atomic E-state index is 0.132. The number of allylic oxidation sites excluding steroid dienone is 1. The van der Waals surface area contributed by atoms with Gasteiger partial charge in [-0.1, -0.05) is 57.2 Å². The number of ether oxygens (including phenoxy) is 1. The molecular weight excluding hydrogens is 679 g/mol. The van der Waals surface area contributed by atoms with Crippen molar-refractivity contribution in [2.75, 3.05) is 64.9 Å². The number of aromatic amines is 1. The number of H-pyrrole nitrogens is 1. The van der Waals surface area contributed by atoms with Gasteiger partial charge in [-0.25, -0.2) is 14.8 Å². The number of carbonyl (C=O) groups excluding carboxylic acids is 2. The summed E-state index contributed by atoms with van der Waals surface area (Å²) in [4.78, 5) is 43.1. The Hall–Kier alpha value is -5.38. The van der Waals surface area contributed by atoms with E-state index >= 15 is 0 Å². The first-order valence-electron chi connectivity index (χ1n) is 18.8. The Balaban J connectivity index is 0.00000149. The van der Waals surface area contributed by atoms with Gasteiger partial charge in [0.15, 0.2) is 0 Å². The normalized spacial score (nSPS) is 15.6. The van der Waals surface area contributed by atoms with E-state index in [-0.39, 0.29) is 25.0 Å². The highest BCUT2D eigenvalue weighted by molar-refractivity contribution is 5.86. The number of amides is 2. The lowest BCUT2D eigenvalue weighted by Gasteiger charge is -2.34. The predicted molar refractivity (Wildman–Crippen MR) is 221 cm³/mol. The van der Waals surface area contributed by atoms with Crippen molar-refractivity contribution in [3.63, 3.8) is 0 Å². The first kappa shape index (κ1) is 43.0. The van der Waals surface area contributed by atoms with E-state index in [2.05, 4.69) is 116 Å². The van der Waals surface area contributed by atoms with Crippen LogP contribution in [0.3, 0.4) is 0 Å². The summed E-state index contributed by atoms with van der Waals surface area (Å²) >= 11 is 0. The Morgan fingerprint density at radius 3 is 2.46 bits per heavy atom. The first-order chi connectivity index (χ1) is 26.3. The Bertz CT molecular complexity index is 1730. The number of hydrogen-bond donors (Lipinski definition) is 4. The van der Waals surface area contributed by atoms with Gasteiger partial charge in [0.25, 0.3) is 0 Å². The number of piperazine rings is 1. The van der Waals surface area contributed by atoms with E-state index < -0.39 is 6.09 Å². The van der Waals surface area contributed by atoms with Crippen LogP contribution in [0, 0.1) is 11.8 Å². The Labute approximate surface area is 321 Å². The van der Waals surface area contributed by atoms with Gasteiger partial charge in [0.2, 0.25) is 5.91 Å². The second-order valence-corrected chi connectivity index (χ2v) is 13.0. The van der Waals surface area contributed by atoms with Crippen molar-refractivity contribution in [1.82, 2.24) is 30.4 Å². The van der Waals surface area contributed by atoms with Gasteiger partial charge in [-0.05, 0) is 68.2 Å². The molecule has 2 saturated heterocycles. The van der Waals surface area contributed by atoms with Gasteiger partial charge in [-0.15, -0.1) is 13.2 Å². The zero-order chi connectivity index (χ0) is 39.3. The molecule has 290 valence electrons. The quantitative estimate of drug-likeness (QED) is 0.0840. The van der Waals surface area contributed by atoms with E-state index in [0.717, 1.165) is 79.9 Å². The van der Waals surface area contributed by atoms with Crippen LogP contribution in [-0.2, 0) is 16.1 Å². The van der Waals surface area contributed by atoms with Gasteiger partial charge in [0.1, 0.15) is 18.2 Å². The van der Waals surface area contributed by atoms with Crippen LogP contribution in [0.2, 0.25) is 0 Å². The summed E-state index contributed by atoms with van der Waals surface area (Å²) in [6.45, 7) is 18.0. The van der Waals surface area contributed by atoms with Gasteiger partial charge >= 0.3 is 6.09 Å². The lowest BCUT2D eigenvalue weighted by molar-refractivity contribution is -0.130. The van der Waals surface area contributed by atoms with Crippen molar-refractivity contribution in [2.45, 2.75) is 59.0 Å². The SMILES string of the molecule is C=C.CCC.CCCN(Cc1ncc(-c2ccc(C#C/C=C/N=C(N)C3CCCN3)c(-c3ccc(N4CCN(C)CC4)cc3)c2)[nH]1)C(=O)CNC(=O)OC. The van der Waals surface area contributed by atoms with Crippen LogP contribution in [0.5, 0.6) is 0 Å². The fourth-order valence-electron chi connectivity index (χ4n) is 5.95. The summed E-state index contributed by atoms with van der Waals surface area (Å²) in [6.07, 6.45) is 8.64. The number of nitrogens with zero attached hydrogens (tertiary/aromatic N) is 5. The molecule has 0 spiro atoms. The van der Waals surface area contributed by atoms with Crippen molar-refractivity contribution in [3.05, 3.63) is 85.5 Å². The van der Waals surface area contributed by atoms with Crippen LogP contribution in [-0.4, -0.2) is 104 Å². The van der Waals surface area contributed by atoms with E-state index in [9.17, 15) is 9.59 Å². The van der Waals surface area contributed by atoms with Gasteiger partial charge in [-0.3, -0.25) is 4.79 Å². The van der Waals surface area contributed by atoms with Crippen LogP contribution in [0.4, 0.5) is 10.5 Å². The van der Waals surface area contributed by atoms with Crippen molar-refractivity contribution in [3.8, 4) is 34.2 Å². The van der Waals surface area contributed by atoms with Crippen LogP contribution in [0.1, 0.15) is 57.8 Å². The highest BCUT2D eigenvalue weighted by atomic mass is 16.5. The second-order valence-electron chi connectivity index (χ2n) is 13.0. The second kappa shape index (κ2) is 23.3. The number of anilines is 1. The summed E-state index contributed by atoms with van der Waals surface area (Å²) in [5, 5.41) is 5.81. The third kappa shape index (κ3) is 13.2. The van der Waals surface area contributed by atoms with Crippen LogP contribution in [0.25, 0.3) is 22.4 Å². The fourth-order valence-corrected chi connectivity index (χ4v) is 5.95. The number of carbonyl (C=O) groups is 2. The minimum atomic E-state index is -0.644. The molecule has 0 bridgehead atoms. The zero-order valence-corrected chi connectivity index (χ0v) is 32.8. The molecule has 2 aromatic carbocycles. The third-order valence-corrected chi connectivity index (χ3v) is 8.77. The summed E-state index contributed by atoms with van der Waals surface area (Å²) in [5.74, 6) is 7.46. The van der Waals surface area contributed by atoms with E-state index in [0.29, 0.717) is 18.2 Å². The number of rotatable bonds is 11. The van der Waals surface area contributed by atoms with Crippen molar-refractivity contribution in [2.24, 2.45) is 10.7 Å². The molecule has 3 heterocycles. The maximum Gasteiger partial charge on any atom is 0.407 e. The molecule has 2 aliphatic rings. The lowest BCUT2D eigenvalue weighted by Crippen LogP contribution is -2.44. The Kier molecular flexibility index (Phi) is 18.6. The van der Waals surface area contributed by atoms with Gasteiger partial charge in [0, 0.05) is 61.8 Å². The molecular formula is C42H59N9O3. The number of methoxy groups -OCH3 is 1. The molecule has 3 aromatic rings. The summed E-state index contributed by atoms with van der Waals surface area (Å²) in [5.41, 5.74) is 12.1. The van der Waals surface area contributed by atoms with Crippen LogP contribution >= 0.6 is 0 Å². The first-order valence-corrected chi connectivity index (χ1v) is 18.8. The van der Waals surface area contributed by atoms with E-state index in [1.54, 1.807) is 23.4 Å². The van der Waals surface area contributed by atoms with Crippen LogP contribution < -0.4 is 21.3 Å². The van der Waals surface area contributed by atoms with Gasteiger partial charge in [0.05, 0.1) is 31.6 Å². The number of aromatic nitrogens is 2. The Morgan fingerprint density at radius 2 is 1.81 bits per heavy atom. The maximum atomic E-state index is 12.8.